The molecule has 1 heterocycles. The lowest BCUT2D eigenvalue weighted by Crippen LogP contribution is -2.42. The minimum absolute atomic E-state index is 0.284. The molecule has 1 saturated carbocycles. The van der Waals surface area contributed by atoms with Crippen molar-refractivity contribution in [2.75, 3.05) is 20.1 Å². The van der Waals surface area contributed by atoms with Crippen molar-refractivity contribution < 1.29 is 0 Å². The quantitative estimate of drug-likeness (QED) is 0.615. The van der Waals surface area contributed by atoms with E-state index in [4.69, 9.17) is 0 Å². The van der Waals surface area contributed by atoms with Gasteiger partial charge in [-0.2, -0.15) is 0 Å². The van der Waals surface area contributed by atoms with Crippen LogP contribution in [0.2, 0.25) is 0 Å². The number of thiazole rings is 1. The van der Waals surface area contributed by atoms with E-state index >= 15 is 0 Å². The Labute approximate surface area is 154 Å². The summed E-state index contributed by atoms with van der Waals surface area (Å²) in [5.74, 6) is 0.879. The third-order valence-corrected chi connectivity index (χ3v) is 6.22. The molecule has 0 atom stereocenters. The monoisotopic (exact) mass is 356 g/mol. The average molecular weight is 357 g/mol. The van der Waals surface area contributed by atoms with Gasteiger partial charge in [0.05, 0.1) is 10.7 Å². The van der Waals surface area contributed by atoms with Gasteiger partial charge in [-0.05, 0) is 44.7 Å². The molecule has 0 spiro atoms. The maximum Gasteiger partial charge on any atom is 0.191 e. The summed E-state index contributed by atoms with van der Waals surface area (Å²) in [6, 6.07) is 8.74. The molecule has 3 rings (SSSR count). The number of benzene rings is 1. The molecule has 1 aliphatic rings. The van der Waals surface area contributed by atoms with Crippen LogP contribution < -0.4 is 10.6 Å². The molecule has 25 heavy (non-hydrogen) atoms. The number of nitrogens with zero attached hydrogens (tertiary/aromatic N) is 2. The van der Waals surface area contributed by atoms with Crippen molar-refractivity contribution in [1.82, 2.24) is 15.6 Å². The predicted octanol–water partition coefficient (Wildman–Crippen LogP) is 3.51. The molecule has 0 unspecified atom stereocenters. The van der Waals surface area contributed by atoms with Gasteiger partial charge in [0.1, 0.15) is 0 Å². The van der Waals surface area contributed by atoms with E-state index < -0.39 is 0 Å². The lowest BCUT2D eigenvalue weighted by atomic mass is 9.92. The van der Waals surface area contributed by atoms with Crippen molar-refractivity contribution in [3.63, 3.8) is 0 Å². The van der Waals surface area contributed by atoms with Crippen LogP contribution in [0.5, 0.6) is 0 Å². The van der Waals surface area contributed by atoms with E-state index in [2.05, 4.69) is 65.6 Å². The van der Waals surface area contributed by atoms with Crippen LogP contribution in [-0.2, 0) is 11.8 Å². The minimum atomic E-state index is 0.284. The van der Waals surface area contributed by atoms with Crippen molar-refractivity contribution in [1.29, 1.82) is 0 Å². The molecule has 134 valence electrons. The smallest absolute Gasteiger partial charge is 0.191 e. The first-order valence-corrected chi connectivity index (χ1v) is 9.79. The predicted molar refractivity (Wildman–Crippen MR) is 107 cm³/mol. The van der Waals surface area contributed by atoms with Gasteiger partial charge >= 0.3 is 0 Å². The highest BCUT2D eigenvalue weighted by Gasteiger charge is 2.44. The second-order valence-electron chi connectivity index (χ2n) is 6.95. The van der Waals surface area contributed by atoms with Gasteiger partial charge in [0, 0.05) is 36.9 Å². The number of aliphatic imine (C=N–C) groups is 1. The van der Waals surface area contributed by atoms with Crippen LogP contribution >= 0.6 is 11.3 Å². The molecule has 0 amide bonds. The Bertz CT molecular complexity index is 739. The van der Waals surface area contributed by atoms with Crippen molar-refractivity contribution in [3.8, 4) is 0 Å². The SMILES string of the molecule is CN=C(NCCc1nc(C)c(C)s1)NCC1(c2ccccc2C)CC1. The Hall–Kier alpha value is -1.88. The highest BCUT2D eigenvalue weighted by atomic mass is 32.1. The van der Waals surface area contributed by atoms with Crippen LogP contribution in [0.15, 0.2) is 29.3 Å². The van der Waals surface area contributed by atoms with Gasteiger partial charge < -0.3 is 10.6 Å². The molecule has 2 N–H and O–H groups in total. The summed E-state index contributed by atoms with van der Waals surface area (Å²) >= 11 is 1.79. The number of aryl methyl sites for hydroxylation is 3. The van der Waals surface area contributed by atoms with Crippen molar-refractivity contribution in [3.05, 3.63) is 51.0 Å². The van der Waals surface area contributed by atoms with E-state index in [0.717, 1.165) is 31.2 Å². The van der Waals surface area contributed by atoms with E-state index in [1.165, 1.54) is 33.9 Å². The fourth-order valence-electron chi connectivity index (χ4n) is 3.27. The summed E-state index contributed by atoms with van der Waals surface area (Å²) in [6.07, 6.45) is 3.43. The average Bonchev–Trinajstić information content (AvgIpc) is 3.31. The van der Waals surface area contributed by atoms with Crippen LogP contribution in [0.25, 0.3) is 0 Å². The van der Waals surface area contributed by atoms with E-state index in [1.54, 1.807) is 11.3 Å². The molecule has 1 aromatic carbocycles. The first-order chi connectivity index (χ1) is 12.0. The Morgan fingerprint density at radius 2 is 1.96 bits per heavy atom. The molecule has 0 saturated heterocycles. The molecule has 5 heteroatoms. The fraction of sp³-hybridized carbons (Fsp3) is 0.500. The molecule has 1 fully saturated rings. The molecular weight excluding hydrogens is 328 g/mol. The third kappa shape index (κ3) is 4.21. The molecule has 0 radical (unpaired) electrons. The third-order valence-electron chi connectivity index (χ3n) is 5.09. The lowest BCUT2D eigenvalue weighted by Gasteiger charge is -2.20. The van der Waals surface area contributed by atoms with E-state index in [1.807, 2.05) is 7.05 Å². The molecule has 1 aromatic heterocycles. The zero-order valence-corrected chi connectivity index (χ0v) is 16.5. The van der Waals surface area contributed by atoms with Gasteiger partial charge in [-0.25, -0.2) is 4.98 Å². The molecule has 4 nitrogen and oxygen atoms in total. The molecule has 2 aromatic rings. The number of guanidine groups is 1. The van der Waals surface area contributed by atoms with Crippen LogP contribution in [0.1, 0.15) is 39.5 Å². The minimum Gasteiger partial charge on any atom is -0.356 e. The maximum atomic E-state index is 4.60. The van der Waals surface area contributed by atoms with Crippen LogP contribution in [0, 0.1) is 20.8 Å². The highest BCUT2D eigenvalue weighted by Crippen LogP contribution is 2.48. The molecule has 1 aliphatic carbocycles. The first kappa shape index (κ1) is 17.9. The summed E-state index contributed by atoms with van der Waals surface area (Å²) in [5.41, 5.74) is 4.30. The normalized spacial score (nSPS) is 15.9. The van der Waals surface area contributed by atoms with E-state index in [-0.39, 0.29) is 5.41 Å². The van der Waals surface area contributed by atoms with Gasteiger partial charge in [-0.1, -0.05) is 24.3 Å². The first-order valence-electron chi connectivity index (χ1n) is 8.97. The highest BCUT2D eigenvalue weighted by molar-refractivity contribution is 7.11. The maximum absolute atomic E-state index is 4.60. The number of hydrogen-bond acceptors (Lipinski definition) is 3. The number of nitrogens with one attached hydrogen (secondary N) is 2. The van der Waals surface area contributed by atoms with E-state index in [0.29, 0.717) is 0 Å². The Morgan fingerprint density at radius 3 is 2.56 bits per heavy atom. The molecule has 0 bridgehead atoms. The molecule has 0 aliphatic heterocycles. The summed E-state index contributed by atoms with van der Waals surface area (Å²) in [6.45, 7) is 8.20. The van der Waals surface area contributed by atoms with Crippen molar-refractivity contribution in [2.24, 2.45) is 4.99 Å². The van der Waals surface area contributed by atoms with Crippen molar-refractivity contribution >= 4 is 17.3 Å². The second kappa shape index (κ2) is 7.56. The van der Waals surface area contributed by atoms with Crippen molar-refractivity contribution in [2.45, 2.75) is 45.4 Å². The zero-order chi connectivity index (χ0) is 17.9. The van der Waals surface area contributed by atoms with Gasteiger partial charge in [0.2, 0.25) is 0 Å². The number of hydrogen-bond donors (Lipinski definition) is 2. The Morgan fingerprint density at radius 1 is 1.20 bits per heavy atom. The second-order valence-corrected chi connectivity index (χ2v) is 8.23. The standard InChI is InChI=1S/C20H28N4S/c1-14-7-5-6-8-17(14)20(10-11-20)13-23-19(21-4)22-12-9-18-24-15(2)16(3)25-18/h5-8H,9-13H2,1-4H3,(H2,21,22,23). The zero-order valence-electron chi connectivity index (χ0n) is 15.6. The van der Waals surface area contributed by atoms with Gasteiger partial charge in [0.25, 0.3) is 0 Å². The summed E-state index contributed by atoms with van der Waals surface area (Å²) < 4.78 is 0. The van der Waals surface area contributed by atoms with Crippen LogP contribution in [0.3, 0.4) is 0 Å². The molecular formula is C20H28N4S. The van der Waals surface area contributed by atoms with Gasteiger partial charge in [-0.15, -0.1) is 11.3 Å². The lowest BCUT2D eigenvalue weighted by molar-refractivity contribution is 0.642. The van der Waals surface area contributed by atoms with Crippen LogP contribution in [0.4, 0.5) is 0 Å². The topological polar surface area (TPSA) is 49.3 Å². The largest absolute Gasteiger partial charge is 0.356 e. The Balaban J connectivity index is 1.50. The Kier molecular flexibility index (Phi) is 5.42. The number of aromatic nitrogens is 1. The van der Waals surface area contributed by atoms with Gasteiger partial charge in [0.15, 0.2) is 5.96 Å². The van der Waals surface area contributed by atoms with Gasteiger partial charge in [-0.3, -0.25) is 4.99 Å². The number of rotatable bonds is 6. The van der Waals surface area contributed by atoms with E-state index in [9.17, 15) is 0 Å². The summed E-state index contributed by atoms with van der Waals surface area (Å²) in [4.78, 5) is 10.3. The fourth-order valence-corrected chi connectivity index (χ4v) is 4.20. The van der Waals surface area contributed by atoms with Crippen LogP contribution in [-0.4, -0.2) is 31.1 Å². The summed E-state index contributed by atoms with van der Waals surface area (Å²) in [5, 5.41) is 8.13. The summed E-state index contributed by atoms with van der Waals surface area (Å²) in [7, 11) is 1.83.